The molecule has 0 aromatic heterocycles. The molecule has 0 radical (unpaired) electrons. The number of carbonyl (C=O) groups is 1. The molecular formula is C18H25NO8. The Bertz CT molecular complexity index is 663. The van der Waals surface area contributed by atoms with Gasteiger partial charge in [0, 0.05) is 19.7 Å². The highest BCUT2D eigenvalue weighted by molar-refractivity contribution is 5.91. The first-order chi connectivity index (χ1) is 12.9. The van der Waals surface area contributed by atoms with Crippen LogP contribution >= 0.6 is 0 Å². The monoisotopic (exact) mass is 383 g/mol. The van der Waals surface area contributed by atoms with Crippen LogP contribution in [0.15, 0.2) is 24.3 Å². The van der Waals surface area contributed by atoms with Crippen LogP contribution in [0.2, 0.25) is 0 Å². The molecule has 1 fully saturated rings. The summed E-state index contributed by atoms with van der Waals surface area (Å²) in [6, 6.07) is 5.21. The van der Waals surface area contributed by atoms with Crippen molar-refractivity contribution in [1.29, 1.82) is 0 Å². The van der Waals surface area contributed by atoms with Crippen LogP contribution in [0, 0.1) is 0 Å². The van der Waals surface area contributed by atoms with Gasteiger partial charge in [-0.05, 0) is 23.8 Å². The molecule has 1 amide bonds. The minimum absolute atomic E-state index is 0.0695. The predicted molar refractivity (Wildman–Crippen MR) is 95.3 cm³/mol. The highest BCUT2D eigenvalue weighted by atomic mass is 16.7. The zero-order valence-corrected chi connectivity index (χ0v) is 15.4. The second kappa shape index (κ2) is 9.67. The quantitative estimate of drug-likeness (QED) is 0.455. The van der Waals surface area contributed by atoms with E-state index in [0.717, 1.165) is 5.56 Å². The van der Waals surface area contributed by atoms with Gasteiger partial charge in [0.1, 0.15) is 24.4 Å². The number of methoxy groups -OCH3 is 3. The lowest BCUT2D eigenvalue weighted by atomic mass is 9.99. The van der Waals surface area contributed by atoms with Crippen molar-refractivity contribution in [2.75, 3.05) is 27.9 Å². The predicted octanol–water partition coefficient (Wildman–Crippen LogP) is -0.713. The molecule has 0 saturated carbocycles. The number of carbonyl (C=O) groups excluding carboxylic acids is 1. The molecular weight excluding hydrogens is 358 g/mol. The van der Waals surface area contributed by atoms with E-state index in [4.69, 9.17) is 18.9 Å². The highest BCUT2D eigenvalue weighted by Crippen LogP contribution is 2.28. The van der Waals surface area contributed by atoms with Gasteiger partial charge in [0.25, 0.3) is 0 Å². The third-order valence-corrected chi connectivity index (χ3v) is 4.21. The van der Waals surface area contributed by atoms with E-state index in [9.17, 15) is 20.1 Å². The zero-order chi connectivity index (χ0) is 20.0. The number of hydrogen-bond acceptors (Lipinski definition) is 8. The Morgan fingerprint density at radius 3 is 2.44 bits per heavy atom. The van der Waals surface area contributed by atoms with Crippen LogP contribution in [0.4, 0.5) is 0 Å². The van der Waals surface area contributed by atoms with Crippen molar-refractivity contribution in [3.8, 4) is 11.5 Å². The molecule has 2 rings (SSSR count). The molecule has 1 aliphatic rings. The first-order valence-corrected chi connectivity index (χ1v) is 8.31. The molecule has 1 aliphatic heterocycles. The average molecular weight is 383 g/mol. The summed E-state index contributed by atoms with van der Waals surface area (Å²) >= 11 is 0. The van der Waals surface area contributed by atoms with Crippen molar-refractivity contribution < 1.29 is 39.1 Å². The fourth-order valence-corrected chi connectivity index (χ4v) is 2.67. The van der Waals surface area contributed by atoms with Crippen molar-refractivity contribution in [2.45, 2.75) is 30.7 Å². The molecule has 0 bridgehead atoms. The summed E-state index contributed by atoms with van der Waals surface area (Å²) in [7, 11) is 4.36. The van der Waals surface area contributed by atoms with Gasteiger partial charge >= 0.3 is 0 Å². The lowest BCUT2D eigenvalue weighted by molar-refractivity contribution is -0.288. The minimum Gasteiger partial charge on any atom is -0.493 e. The summed E-state index contributed by atoms with van der Waals surface area (Å²) in [5.74, 6) is 0.697. The molecule has 0 spiro atoms. The summed E-state index contributed by atoms with van der Waals surface area (Å²) in [5, 5.41) is 32.1. The van der Waals surface area contributed by atoms with Gasteiger partial charge in [-0.25, -0.2) is 0 Å². The van der Waals surface area contributed by atoms with E-state index in [0.29, 0.717) is 11.5 Å². The summed E-state index contributed by atoms with van der Waals surface area (Å²) in [6.07, 6.45) is -3.28. The van der Waals surface area contributed by atoms with Gasteiger partial charge in [0.05, 0.1) is 14.2 Å². The number of nitrogens with one attached hydrogen (secondary N) is 1. The topological polar surface area (TPSA) is 127 Å². The molecule has 1 saturated heterocycles. The summed E-state index contributed by atoms with van der Waals surface area (Å²) in [5.41, 5.74) is 0.731. The average Bonchev–Trinajstić information content (AvgIpc) is 2.69. The first-order valence-electron chi connectivity index (χ1n) is 8.31. The molecule has 9 nitrogen and oxygen atoms in total. The van der Waals surface area contributed by atoms with Crippen LogP contribution in [-0.4, -0.2) is 79.8 Å². The maximum Gasteiger partial charge on any atom is 0.244 e. The molecule has 1 heterocycles. The standard InChI is InChI=1S/C18H25NO8/c1-24-11-6-4-10(8-12(11)25-2)5-7-14(20)19-9-13-15(21)16(22)17(23)18(26-3)27-13/h4-8,13,15-18,21-23H,9H2,1-3H3,(H,19,20)/b7-5+. The molecule has 5 unspecified atom stereocenters. The number of hydrogen-bond donors (Lipinski definition) is 4. The lowest BCUT2D eigenvalue weighted by Gasteiger charge is -2.39. The van der Waals surface area contributed by atoms with Crippen LogP contribution < -0.4 is 14.8 Å². The maximum atomic E-state index is 12.0. The molecule has 0 aliphatic carbocycles. The maximum absolute atomic E-state index is 12.0. The summed E-state index contributed by atoms with van der Waals surface area (Å²) in [6.45, 7) is -0.0695. The fourth-order valence-electron chi connectivity index (χ4n) is 2.67. The smallest absolute Gasteiger partial charge is 0.244 e. The van der Waals surface area contributed by atoms with Gasteiger partial charge < -0.3 is 39.6 Å². The van der Waals surface area contributed by atoms with E-state index < -0.39 is 36.6 Å². The fraction of sp³-hybridized carbons (Fsp3) is 0.500. The Kier molecular flexibility index (Phi) is 7.57. The Hall–Kier alpha value is -2.17. The number of amides is 1. The van der Waals surface area contributed by atoms with E-state index in [1.807, 2.05) is 0 Å². The van der Waals surface area contributed by atoms with Gasteiger partial charge in [0.2, 0.25) is 5.91 Å². The Balaban J connectivity index is 1.93. The van der Waals surface area contributed by atoms with Crippen LogP contribution in [0.25, 0.3) is 6.08 Å². The molecule has 4 N–H and O–H groups in total. The Morgan fingerprint density at radius 2 is 1.81 bits per heavy atom. The van der Waals surface area contributed by atoms with Gasteiger partial charge in [-0.2, -0.15) is 0 Å². The summed E-state index contributed by atoms with van der Waals surface area (Å²) in [4.78, 5) is 12.0. The molecule has 1 aromatic carbocycles. The van der Waals surface area contributed by atoms with Crippen LogP contribution in [0.1, 0.15) is 5.56 Å². The van der Waals surface area contributed by atoms with Gasteiger partial charge in [-0.3, -0.25) is 4.79 Å². The summed E-state index contributed by atoms with van der Waals surface area (Å²) < 4.78 is 20.6. The van der Waals surface area contributed by atoms with Gasteiger partial charge in [-0.1, -0.05) is 6.07 Å². The third-order valence-electron chi connectivity index (χ3n) is 4.21. The van der Waals surface area contributed by atoms with Gasteiger partial charge in [0.15, 0.2) is 17.8 Å². The number of benzene rings is 1. The molecule has 1 aromatic rings. The van der Waals surface area contributed by atoms with Gasteiger partial charge in [-0.15, -0.1) is 0 Å². The highest BCUT2D eigenvalue weighted by Gasteiger charge is 2.43. The Labute approximate surface area is 157 Å². The van der Waals surface area contributed by atoms with Crippen LogP contribution in [0.3, 0.4) is 0 Å². The lowest BCUT2D eigenvalue weighted by Crippen LogP contribution is -2.60. The van der Waals surface area contributed by atoms with E-state index in [1.54, 1.807) is 24.3 Å². The van der Waals surface area contributed by atoms with Crippen LogP contribution in [0.5, 0.6) is 11.5 Å². The number of aliphatic hydroxyl groups is 3. The molecule has 5 atom stereocenters. The number of aliphatic hydroxyl groups excluding tert-OH is 3. The largest absolute Gasteiger partial charge is 0.493 e. The van der Waals surface area contributed by atoms with Crippen molar-refractivity contribution in [1.82, 2.24) is 5.32 Å². The van der Waals surface area contributed by atoms with Crippen molar-refractivity contribution in [2.24, 2.45) is 0 Å². The van der Waals surface area contributed by atoms with Crippen molar-refractivity contribution >= 4 is 12.0 Å². The number of ether oxygens (including phenoxy) is 4. The Morgan fingerprint density at radius 1 is 1.11 bits per heavy atom. The van der Waals surface area contributed by atoms with Crippen molar-refractivity contribution in [3.05, 3.63) is 29.8 Å². The number of rotatable bonds is 7. The SMILES string of the molecule is COc1ccc(/C=C/C(=O)NCC2OC(OC)C(O)C(O)C2O)cc1OC. The normalized spacial score (nSPS) is 28.1. The molecule has 150 valence electrons. The van der Waals surface area contributed by atoms with Crippen LogP contribution in [-0.2, 0) is 14.3 Å². The first kappa shape index (κ1) is 21.1. The molecule has 27 heavy (non-hydrogen) atoms. The van der Waals surface area contributed by atoms with E-state index >= 15 is 0 Å². The van der Waals surface area contributed by atoms with E-state index in [1.165, 1.54) is 27.4 Å². The molecule has 9 heteroatoms. The van der Waals surface area contributed by atoms with Crippen molar-refractivity contribution in [3.63, 3.8) is 0 Å². The second-order valence-corrected chi connectivity index (χ2v) is 5.94. The minimum atomic E-state index is -1.44. The zero-order valence-electron chi connectivity index (χ0n) is 15.4. The second-order valence-electron chi connectivity index (χ2n) is 5.94. The van der Waals surface area contributed by atoms with E-state index in [-0.39, 0.29) is 6.54 Å². The van der Waals surface area contributed by atoms with E-state index in [2.05, 4.69) is 5.32 Å². The third kappa shape index (κ3) is 5.18.